The van der Waals surface area contributed by atoms with Crippen molar-refractivity contribution in [3.05, 3.63) is 115 Å². The van der Waals surface area contributed by atoms with Gasteiger partial charge in [0, 0.05) is 46.1 Å². The van der Waals surface area contributed by atoms with Crippen LogP contribution in [0.15, 0.2) is 103 Å². The molecular weight excluding hydrogens is 429 g/mol. The van der Waals surface area contributed by atoms with Crippen LogP contribution in [0.5, 0.6) is 0 Å². The zero-order chi connectivity index (χ0) is 23.3. The first-order chi connectivity index (χ1) is 16.6. The quantitative estimate of drug-likeness (QED) is 0.275. The van der Waals surface area contributed by atoms with E-state index in [2.05, 4.69) is 25.9 Å². The fourth-order valence-corrected chi connectivity index (χ4v) is 3.58. The number of nitrogens with zero attached hydrogens (tertiary/aromatic N) is 2. The second-order valence-corrected chi connectivity index (χ2v) is 7.60. The minimum Gasteiger partial charge on any atom is -0.355 e. The summed E-state index contributed by atoms with van der Waals surface area (Å²) in [5.41, 5.74) is 4.03. The molecule has 0 aliphatic rings. The van der Waals surface area contributed by atoms with Crippen LogP contribution in [0.2, 0.25) is 0 Å². The van der Waals surface area contributed by atoms with Gasteiger partial charge in [-0.3, -0.25) is 9.78 Å². The number of hydrogen-bond donors (Lipinski definition) is 3. The van der Waals surface area contributed by atoms with Crippen LogP contribution < -0.4 is 16.0 Å². The first-order valence-electron chi connectivity index (χ1n) is 10.6. The van der Waals surface area contributed by atoms with Crippen molar-refractivity contribution in [3.63, 3.8) is 0 Å². The third-order valence-electron chi connectivity index (χ3n) is 5.17. The molecule has 0 aliphatic carbocycles. The van der Waals surface area contributed by atoms with Gasteiger partial charge in [0.2, 0.25) is 0 Å². The van der Waals surface area contributed by atoms with Gasteiger partial charge in [0.05, 0.1) is 5.52 Å². The molecule has 3 N–H and O–H groups in total. The van der Waals surface area contributed by atoms with E-state index in [-0.39, 0.29) is 11.7 Å². The highest BCUT2D eigenvalue weighted by atomic mass is 19.1. The molecule has 6 nitrogen and oxygen atoms in total. The Hall–Kier alpha value is -4.78. The molecule has 2 heterocycles. The highest BCUT2D eigenvalue weighted by Crippen LogP contribution is 2.26. The zero-order valence-corrected chi connectivity index (χ0v) is 18.0. The van der Waals surface area contributed by atoms with E-state index in [4.69, 9.17) is 0 Å². The van der Waals surface area contributed by atoms with Gasteiger partial charge < -0.3 is 16.0 Å². The number of benzene rings is 3. The van der Waals surface area contributed by atoms with E-state index in [9.17, 15) is 9.18 Å². The van der Waals surface area contributed by atoms with Crippen LogP contribution in [0.3, 0.4) is 0 Å². The number of nitrogens with one attached hydrogen (secondary N) is 3. The van der Waals surface area contributed by atoms with Gasteiger partial charge in [-0.15, -0.1) is 0 Å². The van der Waals surface area contributed by atoms with Crippen LogP contribution in [-0.2, 0) is 0 Å². The number of pyridine rings is 2. The Kier molecular flexibility index (Phi) is 5.82. The third kappa shape index (κ3) is 4.83. The summed E-state index contributed by atoms with van der Waals surface area (Å²) in [6, 6.07) is 26.4. The highest BCUT2D eigenvalue weighted by molar-refractivity contribution is 6.05. The molecule has 3 aromatic carbocycles. The maximum atomic E-state index is 13.8. The van der Waals surface area contributed by atoms with Crippen molar-refractivity contribution in [1.82, 2.24) is 9.97 Å². The number of aromatic nitrogens is 2. The molecule has 0 saturated heterocycles. The number of amides is 1. The summed E-state index contributed by atoms with van der Waals surface area (Å²) >= 11 is 0. The topological polar surface area (TPSA) is 78.9 Å². The minimum absolute atomic E-state index is 0.246. The minimum atomic E-state index is -0.337. The number of anilines is 5. The number of fused-ring (bicyclic) bond motifs is 1. The molecule has 0 atom stereocenters. The van der Waals surface area contributed by atoms with E-state index in [1.807, 2.05) is 48.5 Å². The standard InChI is InChI=1S/C27H20FN5O/c28-19-10-11-24-23(16-19)25(12-14-29-24)31-20-6-3-5-18(15-20)27(34)33-22-8-4-7-21(17-22)32-26-9-1-2-13-30-26/h1-17H,(H,29,31)(H,30,32)(H,33,34). The van der Waals surface area contributed by atoms with E-state index >= 15 is 0 Å². The van der Waals surface area contributed by atoms with Crippen molar-refractivity contribution in [1.29, 1.82) is 0 Å². The molecule has 5 aromatic rings. The Morgan fingerprint density at radius 2 is 1.53 bits per heavy atom. The first-order valence-corrected chi connectivity index (χ1v) is 10.6. The molecule has 0 spiro atoms. The Labute approximate surface area is 195 Å². The summed E-state index contributed by atoms with van der Waals surface area (Å²) in [7, 11) is 0. The number of carbonyl (C=O) groups is 1. The summed E-state index contributed by atoms with van der Waals surface area (Å²) in [6.45, 7) is 0. The summed E-state index contributed by atoms with van der Waals surface area (Å²) < 4.78 is 13.8. The van der Waals surface area contributed by atoms with E-state index in [1.54, 1.807) is 42.7 Å². The molecule has 2 aromatic heterocycles. The molecule has 0 bridgehead atoms. The molecule has 166 valence electrons. The predicted octanol–water partition coefficient (Wildman–Crippen LogP) is 6.51. The SMILES string of the molecule is O=C(Nc1cccc(Nc2ccccn2)c1)c1cccc(Nc2ccnc3ccc(F)cc23)c1. The Bertz CT molecular complexity index is 1470. The van der Waals surface area contributed by atoms with Gasteiger partial charge in [-0.25, -0.2) is 9.37 Å². The smallest absolute Gasteiger partial charge is 0.255 e. The molecule has 0 aliphatic heterocycles. The second kappa shape index (κ2) is 9.38. The van der Waals surface area contributed by atoms with E-state index < -0.39 is 0 Å². The normalized spacial score (nSPS) is 10.6. The van der Waals surface area contributed by atoms with E-state index in [1.165, 1.54) is 12.1 Å². The molecule has 0 fully saturated rings. The van der Waals surface area contributed by atoms with Crippen LogP contribution in [0, 0.1) is 5.82 Å². The maximum absolute atomic E-state index is 13.8. The summed E-state index contributed by atoms with van der Waals surface area (Å²) in [4.78, 5) is 21.4. The number of carbonyl (C=O) groups excluding carboxylic acids is 1. The Balaban J connectivity index is 1.33. The lowest BCUT2D eigenvalue weighted by Gasteiger charge is -2.12. The van der Waals surface area contributed by atoms with E-state index in [0.29, 0.717) is 39.3 Å². The van der Waals surface area contributed by atoms with Gasteiger partial charge in [0.1, 0.15) is 11.6 Å². The maximum Gasteiger partial charge on any atom is 0.255 e. The van der Waals surface area contributed by atoms with Crippen molar-refractivity contribution < 1.29 is 9.18 Å². The number of rotatable bonds is 6. The molecule has 0 radical (unpaired) electrons. The van der Waals surface area contributed by atoms with Gasteiger partial charge in [-0.2, -0.15) is 0 Å². The summed E-state index contributed by atoms with van der Waals surface area (Å²) in [5.74, 6) is 0.133. The Morgan fingerprint density at radius 3 is 2.38 bits per heavy atom. The fourth-order valence-electron chi connectivity index (χ4n) is 3.58. The zero-order valence-electron chi connectivity index (χ0n) is 18.0. The lowest BCUT2D eigenvalue weighted by Crippen LogP contribution is -2.12. The Morgan fingerprint density at radius 1 is 0.706 bits per heavy atom. The van der Waals surface area contributed by atoms with Gasteiger partial charge in [0.25, 0.3) is 5.91 Å². The molecule has 0 unspecified atom stereocenters. The van der Waals surface area contributed by atoms with Crippen LogP contribution in [0.25, 0.3) is 10.9 Å². The van der Waals surface area contributed by atoms with Crippen LogP contribution in [-0.4, -0.2) is 15.9 Å². The van der Waals surface area contributed by atoms with Crippen molar-refractivity contribution >= 4 is 45.4 Å². The van der Waals surface area contributed by atoms with Crippen molar-refractivity contribution in [2.45, 2.75) is 0 Å². The third-order valence-corrected chi connectivity index (χ3v) is 5.17. The lowest BCUT2D eigenvalue weighted by molar-refractivity contribution is 0.102. The molecule has 7 heteroatoms. The lowest BCUT2D eigenvalue weighted by atomic mass is 10.1. The highest BCUT2D eigenvalue weighted by Gasteiger charge is 2.09. The molecule has 34 heavy (non-hydrogen) atoms. The van der Waals surface area contributed by atoms with Crippen LogP contribution in [0.1, 0.15) is 10.4 Å². The van der Waals surface area contributed by atoms with Crippen molar-refractivity contribution in [3.8, 4) is 0 Å². The molecule has 0 saturated carbocycles. The van der Waals surface area contributed by atoms with Crippen LogP contribution >= 0.6 is 0 Å². The average Bonchev–Trinajstić information content (AvgIpc) is 2.85. The van der Waals surface area contributed by atoms with Gasteiger partial charge >= 0.3 is 0 Å². The fraction of sp³-hybridized carbons (Fsp3) is 0. The second-order valence-electron chi connectivity index (χ2n) is 7.60. The van der Waals surface area contributed by atoms with Gasteiger partial charge in [0.15, 0.2) is 0 Å². The molecular formula is C27H20FN5O. The predicted molar refractivity (Wildman–Crippen MR) is 133 cm³/mol. The van der Waals surface area contributed by atoms with E-state index in [0.717, 1.165) is 5.69 Å². The first kappa shape index (κ1) is 21.1. The van der Waals surface area contributed by atoms with Crippen LogP contribution in [0.4, 0.5) is 33.0 Å². The number of hydrogen-bond acceptors (Lipinski definition) is 5. The number of halogens is 1. The van der Waals surface area contributed by atoms with Gasteiger partial charge in [-0.05, 0) is 72.8 Å². The molecule has 1 amide bonds. The van der Waals surface area contributed by atoms with Gasteiger partial charge in [-0.1, -0.05) is 18.2 Å². The summed E-state index contributed by atoms with van der Waals surface area (Å²) in [6.07, 6.45) is 3.37. The summed E-state index contributed by atoms with van der Waals surface area (Å²) in [5, 5.41) is 10.1. The monoisotopic (exact) mass is 449 g/mol. The van der Waals surface area contributed by atoms with Crippen molar-refractivity contribution in [2.75, 3.05) is 16.0 Å². The van der Waals surface area contributed by atoms with Crippen molar-refractivity contribution in [2.24, 2.45) is 0 Å². The molecule has 5 rings (SSSR count). The largest absolute Gasteiger partial charge is 0.355 e. The average molecular weight is 449 g/mol.